The number of nitrogens with two attached hydrogens (primary N) is 1. The third kappa shape index (κ3) is 4.08. The predicted molar refractivity (Wildman–Crippen MR) is 79.8 cm³/mol. The zero-order valence-corrected chi connectivity index (χ0v) is 12.6. The van der Waals surface area contributed by atoms with E-state index in [1.54, 1.807) is 0 Å². The molecule has 1 fully saturated rings. The van der Waals surface area contributed by atoms with E-state index in [1.807, 2.05) is 11.8 Å². The van der Waals surface area contributed by atoms with Gasteiger partial charge in [-0.25, -0.2) is 17.5 Å². The van der Waals surface area contributed by atoms with Crippen LogP contribution in [0.15, 0.2) is 23.1 Å². The summed E-state index contributed by atoms with van der Waals surface area (Å²) in [4.78, 5) is 1.79. The quantitative estimate of drug-likeness (QED) is 0.783. The SMILES string of the molecule is Nc1ccc(F)c(S(=O)(=O)NCCN2CCSCC2)c1. The van der Waals surface area contributed by atoms with Crippen LogP contribution in [0.2, 0.25) is 0 Å². The van der Waals surface area contributed by atoms with Crippen LogP contribution in [0.1, 0.15) is 0 Å². The van der Waals surface area contributed by atoms with Crippen LogP contribution in [-0.4, -0.2) is 51.0 Å². The van der Waals surface area contributed by atoms with Crippen molar-refractivity contribution in [2.75, 3.05) is 43.4 Å². The number of hydrogen-bond donors (Lipinski definition) is 2. The maximum atomic E-state index is 13.6. The third-order valence-corrected chi connectivity index (χ3v) is 5.49. The molecule has 3 N–H and O–H groups in total. The molecule has 0 atom stereocenters. The second-order valence-corrected chi connectivity index (χ2v) is 7.50. The Morgan fingerprint density at radius 1 is 1.35 bits per heavy atom. The van der Waals surface area contributed by atoms with Crippen molar-refractivity contribution in [1.82, 2.24) is 9.62 Å². The Bertz CT molecular complexity index is 560. The van der Waals surface area contributed by atoms with Gasteiger partial charge in [0, 0.05) is 43.4 Å². The van der Waals surface area contributed by atoms with Crippen molar-refractivity contribution in [2.45, 2.75) is 4.90 Å². The second kappa shape index (κ2) is 6.75. The highest BCUT2D eigenvalue weighted by atomic mass is 32.2. The van der Waals surface area contributed by atoms with Gasteiger partial charge in [-0.05, 0) is 18.2 Å². The number of benzene rings is 1. The molecule has 0 aliphatic carbocycles. The molecule has 1 heterocycles. The molecule has 20 heavy (non-hydrogen) atoms. The standard InChI is InChI=1S/C12H18FN3O2S2/c13-11-2-1-10(14)9-12(11)20(17,18)15-3-4-16-5-7-19-8-6-16/h1-2,9,15H,3-8,14H2. The summed E-state index contributed by atoms with van der Waals surface area (Å²) in [6.07, 6.45) is 0. The Morgan fingerprint density at radius 2 is 2.05 bits per heavy atom. The minimum atomic E-state index is -3.85. The first-order chi connectivity index (χ1) is 9.49. The summed E-state index contributed by atoms with van der Waals surface area (Å²) in [6, 6.07) is 3.53. The minimum Gasteiger partial charge on any atom is -0.399 e. The van der Waals surface area contributed by atoms with Crippen molar-refractivity contribution in [3.63, 3.8) is 0 Å². The number of thioether (sulfide) groups is 1. The lowest BCUT2D eigenvalue weighted by Gasteiger charge is -2.25. The van der Waals surface area contributed by atoms with E-state index in [9.17, 15) is 12.8 Å². The van der Waals surface area contributed by atoms with Gasteiger partial charge in [-0.1, -0.05) is 0 Å². The zero-order valence-electron chi connectivity index (χ0n) is 11.0. The van der Waals surface area contributed by atoms with Crippen LogP contribution in [-0.2, 0) is 10.0 Å². The number of sulfonamides is 1. The van der Waals surface area contributed by atoms with E-state index in [0.717, 1.165) is 36.7 Å². The van der Waals surface area contributed by atoms with Crippen molar-refractivity contribution >= 4 is 27.5 Å². The minimum absolute atomic E-state index is 0.222. The molecule has 1 aromatic carbocycles. The van der Waals surface area contributed by atoms with Gasteiger partial charge in [0.15, 0.2) is 0 Å². The number of hydrogen-bond acceptors (Lipinski definition) is 5. The predicted octanol–water partition coefficient (Wildman–Crippen LogP) is 0.735. The Labute approximate surface area is 122 Å². The molecular formula is C12H18FN3O2S2. The fraction of sp³-hybridized carbons (Fsp3) is 0.500. The van der Waals surface area contributed by atoms with Gasteiger partial charge in [0.1, 0.15) is 10.7 Å². The molecular weight excluding hydrogens is 301 g/mol. The number of nitrogen functional groups attached to an aromatic ring is 1. The van der Waals surface area contributed by atoms with Crippen molar-refractivity contribution in [2.24, 2.45) is 0 Å². The Balaban J connectivity index is 1.95. The highest BCUT2D eigenvalue weighted by molar-refractivity contribution is 7.99. The van der Waals surface area contributed by atoms with Gasteiger partial charge in [0.2, 0.25) is 10.0 Å². The van der Waals surface area contributed by atoms with E-state index in [4.69, 9.17) is 5.73 Å². The molecule has 0 saturated carbocycles. The highest BCUT2D eigenvalue weighted by Crippen LogP contribution is 2.17. The third-order valence-electron chi connectivity index (χ3n) is 3.07. The van der Waals surface area contributed by atoms with E-state index >= 15 is 0 Å². The van der Waals surface area contributed by atoms with Crippen LogP contribution in [0.25, 0.3) is 0 Å². The lowest BCUT2D eigenvalue weighted by Crippen LogP contribution is -2.39. The van der Waals surface area contributed by atoms with Crippen molar-refractivity contribution in [3.8, 4) is 0 Å². The number of anilines is 1. The molecule has 1 saturated heterocycles. The molecule has 112 valence electrons. The lowest BCUT2D eigenvalue weighted by atomic mass is 10.3. The van der Waals surface area contributed by atoms with Gasteiger partial charge < -0.3 is 10.6 Å². The molecule has 1 aliphatic rings. The Kier molecular flexibility index (Phi) is 5.25. The first kappa shape index (κ1) is 15.6. The van der Waals surface area contributed by atoms with Crippen LogP contribution >= 0.6 is 11.8 Å². The first-order valence-corrected chi connectivity index (χ1v) is 8.97. The second-order valence-electron chi connectivity index (χ2n) is 4.54. The van der Waals surface area contributed by atoms with Gasteiger partial charge in [-0.15, -0.1) is 0 Å². The van der Waals surface area contributed by atoms with Crippen LogP contribution in [0.5, 0.6) is 0 Å². The topological polar surface area (TPSA) is 75.4 Å². The fourth-order valence-electron chi connectivity index (χ4n) is 1.97. The van der Waals surface area contributed by atoms with Crippen LogP contribution in [0.4, 0.5) is 10.1 Å². The number of nitrogens with zero attached hydrogens (tertiary/aromatic N) is 1. The molecule has 1 aromatic rings. The van der Waals surface area contributed by atoms with Gasteiger partial charge in [-0.3, -0.25) is 0 Å². The van der Waals surface area contributed by atoms with Crippen molar-refractivity contribution in [1.29, 1.82) is 0 Å². The first-order valence-electron chi connectivity index (χ1n) is 6.34. The monoisotopic (exact) mass is 319 g/mol. The zero-order chi connectivity index (χ0) is 14.6. The number of nitrogens with one attached hydrogen (secondary N) is 1. The van der Waals surface area contributed by atoms with Crippen molar-refractivity contribution < 1.29 is 12.8 Å². The summed E-state index contributed by atoms with van der Waals surface area (Å²) in [5.74, 6) is 1.34. The van der Waals surface area contributed by atoms with Crippen LogP contribution < -0.4 is 10.5 Å². The van der Waals surface area contributed by atoms with E-state index in [-0.39, 0.29) is 12.2 Å². The van der Waals surface area contributed by atoms with Crippen LogP contribution in [0.3, 0.4) is 0 Å². The summed E-state index contributed by atoms with van der Waals surface area (Å²) >= 11 is 1.89. The van der Waals surface area contributed by atoms with E-state index in [2.05, 4.69) is 9.62 Å². The Hall–Kier alpha value is -0.830. The molecule has 0 spiro atoms. The summed E-state index contributed by atoms with van der Waals surface area (Å²) in [6.45, 7) is 2.81. The smallest absolute Gasteiger partial charge is 0.243 e. The summed E-state index contributed by atoms with van der Waals surface area (Å²) in [5.41, 5.74) is 5.72. The molecule has 0 radical (unpaired) electrons. The summed E-state index contributed by atoms with van der Waals surface area (Å²) in [5, 5.41) is 0. The molecule has 8 heteroatoms. The number of rotatable bonds is 5. The maximum Gasteiger partial charge on any atom is 0.243 e. The molecule has 0 amide bonds. The summed E-state index contributed by atoms with van der Waals surface area (Å²) < 4.78 is 40.0. The molecule has 1 aliphatic heterocycles. The molecule has 0 unspecified atom stereocenters. The van der Waals surface area contributed by atoms with Gasteiger partial charge in [-0.2, -0.15) is 11.8 Å². The van der Waals surface area contributed by atoms with E-state index < -0.39 is 20.7 Å². The molecule has 0 bridgehead atoms. The molecule has 2 rings (SSSR count). The van der Waals surface area contributed by atoms with Gasteiger partial charge in [0.25, 0.3) is 0 Å². The van der Waals surface area contributed by atoms with E-state index in [0.29, 0.717) is 6.54 Å². The molecule has 5 nitrogen and oxygen atoms in total. The normalized spacial score (nSPS) is 17.2. The van der Waals surface area contributed by atoms with Gasteiger partial charge >= 0.3 is 0 Å². The largest absolute Gasteiger partial charge is 0.399 e. The average Bonchev–Trinajstić information content (AvgIpc) is 2.42. The highest BCUT2D eigenvalue weighted by Gasteiger charge is 2.19. The van der Waals surface area contributed by atoms with E-state index in [1.165, 1.54) is 6.07 Å². The van der Waals surface area contributed by atoms with Crippen LogP contribution in [0, 0.1) is 5.82 Å². The average molecular weight is 319 g/mol. The lowest BCUT2D eigenvalue weighted by molar-refractivity contribution is 0.307. The number of halogens is 1. The maximum absolute atomic E-state index is 13.6. The summed E-state index contributed by atoms with van der Waals surface area (Å²) in [7, 11) is -3.85. The Morgan fingerprint density at radius 3 is 2.75 bits per heavy atom. The van der Waals surface area contributed by atoms with Crippen molar-refractivity contribution in [3.05, 3.63) is 24.0 Å². The molecule has 0 aromatic heterocycles. The fourth-order valence-corrected chi connectivity index (χ4v) is 4.08. The van der Waals surface area contributed by atoms with Gasteiger partial charge in [0.05, 0.1) is 0 Å².